The minimum atomic E-state index is -0.216. The van der Waals surface area contributed by atoms with E-state index >= 15 is 0 Å². The molecule has 0 saturated carbocycles. The van der Waals surface area contributed by atoms with Crippen LogP contribution in [0.3, 0.4) is 0 Å². The van der Waals surface area contributed by atoms with Crippen molar-refractivity contribution in [2.24, 2.45) is 5.73 Å². The average molecular weight is 214 g/mol. The molecule has 2 rings (SSSR count). The summed E-state index contributed by atoms with van der Waals surface area (Å²) >= 11 is 0. The Morgan fingerprint density at radius 1 is 1.25 bits per heavy atom. The molecule has 1 aromatic heterocycles. The van der Waals surface area contributed by atoms with Crippen molar-refractivity contribution in [3.05, 3.63) is 41.7 Å². The van der Waals surface area contributed by atoms with Gasteiger partial charge in [-0.05, 0) is 32.2 Å². The molecule has 2 aromatic rings. The molecule has 0 unspecified atom stereocenters. The summed E-state index contributed by atoms with van der Waals surface area (Å²) in [7, 11) is 0. The van der Waals surface area contributed by atoms with Gasteiger partial charge in [0.15, 0.2) is 0 Å². The predicted octanol–water partition coefficient (Wildman–Crippen LogP) is 2.82. The summed E-state index contributed by atoms with van der Waals surface area (Å²) in [5.74, 6) is 0. The van der Waals surface area contributed by atoms with Crippen LogP contribution in [0.15, 0.2) is 30.5 Å². The first kappa shape index (κ1) is 11.1. The molecule has 2 N–H and O–H groups in total. The maximum Gasteiger partial charge on any atom is 0.0499 e. The SMILES string of the molecule is Cc1ccc2c(CC(C)(C)N)nccc2c1. The highest BCUT2D eigenvalue weighted by atomic mass is 14.7. The first-order chi connectivity index (χ1) is 7.46. The second-order valence-electron chi connectivity index (χ2n) is 5.15. The van der Waals surface area contributed by atoms with Crippen LogP contribution in [-0.4, -0.2) is 10.5 Å². The van der Waals surface area contributed by atoms with Gasteiger partial charge in [0.05, 0.1) is 0 Å². The number of hydrogen-bond acceptors (Lipinski definition) is 2. The highest BCUT2D eigenvalue weighted by Gasteiger charge is 2.14. The molecule has 0 radical (unpaired) electrons. The van der Waals surface area contributed by atoms with E-state index in [-0.39, 0.29) is 5.54 Å². The van der Waals surface area contributed by atoms with Gasteiger partial charge in [-0.1, -0.05) is 23.8 Å². The Morgan fingerprint density at radius 2 is 2.00 bits per heavy atom. The molecule has 2 heteroatoms. The molecule has 1 aromatic carbocycles. The van der Waals surface area contributed by atoms with Crippen LogP contribution in [0, 0.1) is 6.92 Å². The number of nitrogens with two attached hydrogens (primary N) is 1. The monoisotopic (exact) mass is 214 g/mol. The van der Waals surface area contributed by atoms with E-state index in [1.54, 1.807) is 0 Å². The van der Waals surface area contributed by atoms with Gasteiger partial charge in [0.2, 0.25) is 0 Å². The Kier molecular flexibility index (Phi) is 2.68. The zero-order valence-corrected chi connectivity index (χ0v) is 10.1. The van der Waals surface area contributed by atoms with Gasteiger partial charge >= 0.3 is 0 Å². The molecule has 0 fully saturated rings. The lowest BCUT2D eigenvalue weighted by atomic mass is 9.96. The van der Waals surface area contributed by atoms with Crippen LogP contribution in [0.5, 0.6) is 0 Å². The van der Waals surface area contributed by atoms with Crippen molar-refractivity contribution in [2.75, 3.05) is 0 Å². The van der Waals surface area contributed by atoms with Crippen LogP contribution in [0.1, 0.15) is 25.1 Å². The number of aromatic nitrogens is 1. The largest absolute Gasteiger partial charge is 0.325 e. The van der Waals surface area contributed by atoms with Gasteiger partial charge in [0.25, 0.3) is 0 Å². The van der Waals surface area contributed by atoms with Crippen molar-refractivity contribution in [2.45, 2.75) is 32.7 Å². The Bertz CT molecular complexity index is 510. The number of rotatable bonds is 2. The van der Waals surface area contributed by atoms with E-state index in [4.69, 9.17) is 5.73 Å². The lowest BCUT2D eigenvalue weighted by Gasteiger charge is -2.18. The van der Waals surface area contributed by atoms with Gasteiger partial charge in [-0.25, -0.2) is 0 Å². The van der Waals surface area contributed by atoms with Crippen molar-refractivity contribution in [3.8, 4) is 0 Å². The maximum atomic E-state index is 6.05. The molecular weight excluding hydrogens is 196 g/mol. The summed E-state index contributed by atoms with van der Waals surface area (Å²) in [6.07, 6.45) is 2.66. The Balaban J connectivity index is 2.54. The minimum Gasteiger partial charge on any atom is -0.325 e. The van der Waals surface area contributed by atoms with E-state index in [1.165, 1.54) is 16.3 Å². The summed E-state index contributed by atoms with van der Waals surface area (Å²) in [6.45, 7) is 6.16. The molecule has 0 aliphatic rings. The summed E-state index contributed by atoms with van der Waals surface area (Å²) in [6, 6.07) is 8.50. The number of pyridine rings is 1. The molecule has 84 valence electrons. The molecule has 0 aliphatic carbocycles. The Morgan fingerprint density at radius 3 is 2.69 bits per heavy atom. The molecule has 2 nitrogen and oxygen atoms in total. The predicted molar refractivity (Wildman–Crippen MR) is 68.5 cm³/mol. The van der Waals surface area contributed by atoms with Crippen molar-refractivity contribution < 1.29 is 0 Å². The smallest absolute Gasteiger partial charge is 0.0499 e. The van der Waals surface area contributed by atoms with Crippen molar-refractivity contribution in [3.63, 3.8) is 0 Å². The van der Waals surface area contributed by atoms with Crippen molar-refractivity contribution in [1.29, 1.82) is 0 Å². The standard InChI is InChI=1S/C14H18N2/c1-10-4-5-12-11(8-10)6-7-16-13(12)9-14(2,3)15/h4-8H,9,15H2,1-3H3. The molecule has 1 heterocycles. The molecule has 0 bridgehead atoms. The fourth-order valence-electron chi connectivity index (χ4n) is 1.93. The van der Waals surface area contributed by atoms with Crippen molar-refractivity contribution in [1.82, 2.24) is 4.98 Å². The fraction of sp³-hybridized carbons (Fsp3) is 0.357. The van der Waals surface area contributed by atoms with Crippen LogP contribution < -0.4 is 5.73 Å². The molecule has 0 saturated heterocycles. The van der Waals surface area contributed by atoms with E-state index in [2.05, 4.69) is 36.2 Å². The second-order valence-corrected chi connectivity index (χ2v) is 5.15. The van der Waals surface area contributed by atoms with Crippen LogP contribution in [-0.2, 0) is 6.42 Å². The lowest BCUT2D eigenvalue weighted by Crippen LogP contribution is -2.34. The zero-order chi connectivity index (χ0) is 11.8. The number of aryl methyl sites for hydroxylation is 1. The molecule has 0 spiro atoms. The van der Waals surface area contributed by atoms with Crippen LogP contribution in [0.2, 0.25) is 0 Å². The summed E-state index contributed by atoms with van der Waals surface area (Å²) in [5.41, 5.74) is 8.19. The summed E-state index contributed by atoms with van der Waals surface area (Å²) < 4.78 is 0. The van der Waals surface area contributed by atoms with Crippen molar-refractivity contribution >= 4 is 10.8 Å². The van der Waals surface area contributed by atoms with Crippen LogP contribution in [0.4, 0.5) is 0 Å². The first-order valence-electron chi connectivity index (χ1n) is 5.59. The summed E-state index contributed by atoms with van der Waals surface area (Å²) in [5, 5.41) is 2.46. The third-order valence-corrected chi connectivity index (χ3v) is 2.63. The highest BCUT2D eigenvalue weighted by Crippen LogP contribution is 2.21. The van der Waals surface area contributed by atoms with Gasteiger partial charge in [0, 0.05) is 29.2 Å². The van der Waals surface area contributed by atoms with Gasteiger partial charge in [-0.3, -0.25) is 4.98 Å². The van der Waals surface area contributed by atoms with Gasteiger partial charge in [-0.15, -0.1) is 0 Å². The summed E-state index contributed by atoms with van der Waals surface area (Å²) in [4.78, 5) is 4.44. The number of benzene rings is 1. The molecule has 16 heavy (non-hydrogen) atoms. The van der Waals surface area contributed by atoms with E-state index in [0.29, 0.717) is 0 Å². The van der Waals surface area contributed by atoms with Gasteiger partial charge in [0.1, 0.15) is 0 Å². The third kappa shape index (κ3) is 2.39. The third-order valence-electron chi connectivity index (χ3n) is 2.63. The number of nitrogens with zero attached hydrogens (tertiary/aromatic N) is 1. The molecular formula is C14H18N2. The molecule has 0 aliphatic heterocycles. The highest BCUT2D eigenvalue weighted by molar-refractivity contribution is 5.85. The number of fused-ring (bicyclic) bond motifs is 1. The van der Waals surface area contributed by atoms with E-state index < -0.39 is 0 Å². The quantitative estimate of drug-likeness (QED) is 0.835. The zero-order valence-electron chi connectivity index (χ0n) is 10.1. The van der Waals surface area contributed by atoms with Gasteiger partial charge < -0.3 is 5.73 Å². The molecule has 0 atom stereocenters. The Labute approximate surface area is 96.5 Å². The number of hydrogen-bond donors (Lipinski definition) is 1. The normalized spacial score (nSPS) is 12.0. The Hall–Kier alpha value is -1.41. The minimum absolute atomic E-state index is 0.216. The van der Waals surface area contributed by atoms with E-state index in [1.807, 2.05) is 20.0 Å². The second kappa shape index (κ2) is 3.87. The lowest BCUT2D eigenvalue weighted by molar-refractivity contribution is 0.512. The average Bonchev–Trinajstić information content (AvgIpc) is 2.15. The molecule has 0 amide bonds. The fourth-order valence-corrected chi connectivity index (χ4v) is 1.93. The maximum absolute atomic E-state index is 6.05. The van der Waals surface area contributed by atoms with E-state index in [0.717, 1.165) is 12.1 Å². The van der Waals surface area contributed by atoms with E-state index in [9.17, 15) is 0 Å². The first-order valence-corrected chi connectivity index (χ1v) is 5.59. The van der Waals surface area contributed by atoms with Crippen LogP contribution >= 0.6 is 0 Å². The van der Waals surface area contributed by atoms with Gasteiger partial charge in [-0.2, -0.15) is 0 Å². The van der Waals surface area contributed by atoms with Crippen LogP contribution in [0.25, 0.3) is 10.8 Å². The topological polar surface area (TPSA) is 38.9 Å².